The lowest BCUT2D eigenvalue weighted by molar-refractivity contribution is 0.102. The molecule has 2 aromatic heterocycles. The largest absolute Gasteiger partial charge is 0.487 e. The van der Waals surface area contributed by atoms with Gasteiger partial charge in [0.15, 0.2) is 5.69 Å². The SMILES string of the molecule is CCN(CC)c1ncc(Cl)c(C(=O)Nc2cccc(OCc3ccccn3)c2)n1. The van der Waals surface area contributed by atoms with E-state index in [1.807, 2.05) is 43.0 Å². The normalized spacial score (nSPS) is 10.4. The van der Waals surface area contributed by atoms with Gasteiger partial charge in [0.25, 0.3) is 5.91 Å². The van der Waals surface area contributed by atoms with Crippen molar-refractivity contribution in [1.29, 1.82) is 0 Å². The third-order valence-electron chi connectivity index (χ3n) is 4.20. The number of anilines is 2. The van der Waals surface area contributed by atoms with Gasteiger partial charge >= 0.3 is 0 Å². The van der Waals surface area contributed by atoms with E-state index in [0.717, 1.165) is 18.8 Å². The van der Waals surface area contributed by atoms with Crippen LogP contribution in [0.4, 0.5) is 11.6 Å². The van der Waals surface area contributed by atoms with Gasteiger partial charge in [0.05, 0.1) is 16.9 Å². The maximum atomic E-state index is 12.7. The number of hydrogen-bond donors (Lipinski definition) is 1. The summed E-state index contributed by atoms with van der Waals surface area (Å²) in [6, 6.07) is 12.8. The van der Waals surface area contributed by atoms with E-state index in [-0.39, 0.29) is 10.7 Å². The predicted octanol–water partition coefficient (Wildman–Crippen LogP) is 4.20. The molecule has 29 heavy (non-hydrogen) atoms. The molecule has 0 aliphatic rings. The van der Waals surface area contributed by atoms with Crippen LogP contribution in [0.25, 0.3) is 0 Å². The summed E-state index contributed by atoms with van der Waals surface area (Å²) in [6.45, 7) is 5.79. The molecule has 0 saturated carbocycles. The number of rotatable bonds is 8. The molecule has 0 radical (unpaired) electrons. The minimum Gasteiger partial charge on any atom is -0.487 e. The van der Waals surface area contributed by atoms with Gasteiger partial charge in [-0.3, -0.25) is 9.78 Å². The smallest absolute Gasteiger partial charge is 0.276 e. The van der Waals surface area contributed by atoms with E-state index in [9.17, 15) is 4.79 Å². The van der Waals surface area contributed by atoms with Crippen molar-refractivity contribution in [2.24, 2.45) is 0 Å². The van der Waals surface area contributed by atoms with Crippen molar-refractivity contribution in [2.45, 2.75) is 20.5 Å². The van der Waals surface area contributed by atoms with E-state index < -0.39 is 5.91 Å². The zero-order valence-corrected chi connectivity index (χ0v) is 17.1. The highest BCUT2D eigenvalue weighted by Crippen LogP contribution is 2.21. The van der Waals surface area contributed by atoms with E-state index in [4.69, 9.17) is 16.3 Å². The maximum Gasteiger partial charge on any atom is 0.276 e. The van der Waals surface area contributed by atoms with Crippen molar-refractivity contribution in [3.63, 3.8) is 0 Å². The molecule has 150 valence electrons. The van der Waals surface area contributed by atoms with E-state index in [0.29, 0.717) is 24.0 Å². The Morgan fingerprint density at radius 2 is 1.97 bits per heavy atom. The Labute approximate surface area is 174 Å². The molecule has 0 unspecified atom stereocenters. The van der Waals surface area contributed by atoms with Crippen LogP contribution >= 0.6 is 11.6 Å². The number of nitrogens with one attached hydrogen (secondary N) is 1. The molecule has 0 fully saturated rings. The molecule has 7 nitrogen and oxygen atoms in total. The number of ether oxygens (including phenoxy) is 1. The summed E-state index contributed by atoms with van der Waals surface area (Å²) in [7, 11) is 0. The van der Waals surface area contributed by atoms with Crippen LogP contribution in [0.3, 0.4) is 0 Å². The van der Waals surface area contributed by atoms with Crippen LogP contribution in [0.1, 0.15) is 30.0 Å². The predicted molar refractivity (Wildman–Crippen MR) is 114 cm³/mol. The van der Waals surface area contributed by atoms with Gasteiger partial charge in [-0.1, -0.05) is 23.7 Å². The van der Waals surface area contributed by atoms with Gasteiger partial charge < -0.3 is 15.0 Å². The van der Waals surface area contributed by atoms with Crippen molar-refractivity contribution >= 4 is 29.1 Å². The molecular weight excluding hydrogens is 390 g/mol. The zero-order valence-electron chi connectivity index (χ0n) is 16.3. The van der Waals surface area contributed by atoms with Crippen LogP contribution in [-0.4, -0.2) is 33.9 Å². The number of benzene rings is 1. The van der Waals surface area contributed by atoms with E-state index in [1.54, 1.807) is 24.4 Å². The minimum absolute atomic E-state index is 0.128. The van der Waals surface area contributed by atoms with Crippen LogP contribution in [0.2, 0.25) is 5.02 Å². The van der Waals surface area contributed by atoms with Crippen molar-refractivity contribution in [3.05, 3.63) is 71.3 Å². The summed E-state index contributed by atoms with van der Waals surface area (Å²) >= 11 is 6.16. The molecule has 0 aliphatic heterocycles. The standard InChI is InChI=1S/C21H22ClN5O2/c1-3-27(4-2)21-24-13-18(22)19(26-21)20(28)25-15-9-7-10-17(12-15)29-14-16-8-5-6-11-23-16/h5-13H,3-4,14H2,1-2H3,(H,25,28). The molecule has 1 amide bonds. The third-order valence-corrected chi connectivity index (χ3v) is 4.47. The van der Waals surface area contributed by atoms with Gasteiger partial charge in [0.2, 0.25) is 5.95 Å². The average molecular weight is 412 g/mol. The molecule has 3 aromatic rings. The summed E-state index contributed by atoms with van der Waals surface area (Å²) in [5.41, 5.74) is 1.52. The quantitative estimate of drug-likeness (QED) is 0.598. The fraction of sp³-hybridized carbons (Fsp3) is 0.238. The number of nitrogens with zero attached hydrogens (tertiary/aromatic N) is 4. The highest BCUT2D eigenvalue weighted by molar-refractivity contribution is 6.34. The zero-order chi connectivity index (χ0) is 20.6. The first kappa shape index (κ1) is 20.5. The Morgan fingerprint density at radius 1 is 1.14 bits per heavy atom. The van der Waals surface area contributed by atoms with E-state index >= 15 is 0 Å². The van der Waals surface area contributed by atoms with Crippen molar-refractivity contribution < 1.29 is 9.53 Å². The van der Waals surface area contributed by atoms with Crippen molar-refractivity contribution in [1.82, 2.24) is 15.0 Å². The third kappa shape index (κ3) is 5.42. The average Bonchev–Trinajstić information content (AvgIpc) is 2.75. The number of amides is 1. The van der Waals surface area contributed by atoms with Gasteiger partial charge in [-0.2, -0.15) is 0 Å². The topological polar surface area (TPSA) is 80.2 Å². The lowest BCUT2D eigenvalue weighted by Gasteiger charge is -2.19. The fourth-order valence-corrected chi connectivity index (χ4v) is 2.85. The number of halogens is 1. The molecule has 2 heterocycles. The van der Waals surface area contributed by atoms with Gasteiger partial charge in [0.1, 0.15) is 12.4 Å². The number of hydrogen-bond acceptors (Lipinski definition) is 6. The molecular formula is C21H22ClN5O2. The van der Waals surface area contributed by atoms with Gasteiger partial charge in [-0.05, 0) is 38.1 Å². The number of carbonyl (C=O) groups excluding carboxylic acids is 1. The van der Waals surface area contributed by atoms with Crippen LogP contribution in [0.5, 0.6) is 5.75 Å². The second-order valence-electron chi connectivity index (χ2n) is 6.13. The number of aromatic nitrogens is 3. The molecule has 1 aromatic carbocycles. The minimum atomic E-state index is -0.410. The Balaban J connectivity index is 1.71. The fourth-order valence-electron chi connectivity index (χ4n) is 2.67. The highest BCUT2D eigenvalue weighted by atomic mass is 35.5. The Morgan fingerprint density at radius 3 is 2.69 bits per heavy atom. The molecule has 0 atom stereocenters. The van der Waals surface area contributed by atoms with Crippen LogP contribution in [0, 0.1) is 0 Å². The first-order valence-corrected chi connectivity index (χ1v) is 9.70. The van der Waals surface area contributed by atoms with Crippen LogP contribution in [0.15, 0.2) is 54.9 Å². The van der Waals surface area contributed by atoms with E-state index in [2.05, 4.69) is 20.3 Å². The molecule has 8 heteroatoms. The summed E-state index contributed by atoms with van der Waals surface area (Å²) in [4.78, 5) is 27.4. The second kappa shape index (κ2) is 9.84. The van der Waals surface area contributed by atoms with E-state index in [1.165, 1.54) is 6.20 Å². The first-order chi connectivity index (χ1) is 14.1. The van der Waals surface area contributed by atoms with Crippen LogP contribution in [-0.2, 0) is 6.61 Å². The second-order valence-corrected chi connectivity index (χ2v) is 6.54. The number of carbonyl (C=O) groups is 1. The Hall–Kier alpha value is -3.19. The van der Waals surface area contributed by atoms with Gasteiger partial charge in [0, 0.05) is 31.0 Å². The monoisotopic (exact) mass is 411 g/mol. The molecule has 0 aliphatic carbocycles. The first-order valence-electron chi connectivity index (χ1n) is 9.32. The molecule has 0 bridgehead atoms. The lowest BCUT2D eigenvalue weighted by atomic mass is 10.3. The Bertz CT molecular complexity index is 964. The molecule has 0 saturated heterocycles. The number of pyridine rings is 1. The maximum absolute atomic E-state index is 12.7. The van der Waals surface area contributed by atoms with Gasteiger partial charge in [-0.15, -0.1) is 0 Å². The summed E-state index contributed by atoms with van der Waals surface area (Å²) in [5.74, 6) is 0.677. The molecule has 0 spiro atoms. The highest BCUT2D eigenvalue weighted by Gasteiger charge is 2.16. The lowest BCUT2D eigenvalue weighted by Crippen LogP contribution is -2.25. The molecule has 3 rings (SSSR count). The van der Waals surface area contributed by atoms with Crippen molar-refractivity contribution in [2.75, 3.05) is 23.3 Å². The Kier molecular flexibility index (Phi) is 6.97. The molecule has 1 N–H and O–H groups in total. The van der Waals surface area contributed by atoms with Gasteiger partial charge in [-0.25, -0.2) is 9.97 Å². The summed E-state index contributed by atoms with van der Waals surface area (Å²) < 4.78 is 5.75. The summed E-state index contributed by atoms with van der Waals surface area (Å²) in [5, 5.41) is 3.01. The summed E-state index contributed by atoms with van der Waals surface area (Å²) in [6.07, 6.45) is 3.16. The van der Waals surface area contributed by atoms with Crippen molar-refractivity contribution in [3.8, 4) is 5.75 Å². The van der Waals surface area contributed by atoms with Crippen LogP contribution < -0.4 is 15.0 Å².